The Morgan fingerprint density at radius 1 is 1.35 bits per heavy atom. The standard InChI is InChI=1S/C13H23NO3/c1-17-13(16)12(10-6-7-10)14-8-4-2-3-5-11(14)9-15/h10-12,15H,2-9H2,1H3. The smallest absolute Gasteiger partial charge is 0.323 e. The Kier molecular flexibility index (Phi) is 4.40. The Bertz CT molecular complexity index is 265. The van der Waals surface area contributed by atoms with Crippen LogP contribution in [0.15, 0.2) is 0 Å². The molecule has 0 aromatic rings. The second-order valence-corrected chi connectivity index (χ2v) is 5.23. The molecule has 2 fully saturated rings. The van der Waals surface area contributed by atoms with Crippen molar-refractivity contribution in [1.29, 1.82) is 0 Å². The second-order valence-electron chi connectivity index (χ2n) is 5.23. The number of nitrogens with zero attached hydrogens (tertiary/aromatic N) is 1. The van der Waals surface area contributed by atoms with E-state index < -0.39 is 0 Å². The van der Waals surface area contributed by atoms with Crippen molar-refractivity contribution in [3.8, 4) is 0 Å². The van der Waals surface area contributed by atoms with Crippen LogP contribution in [0.3, 0.4) is 0 Å². The van der Waals surface area contributed by atoms with E-state index in [0.717, 1.165) is 38.6 Å². The lowest BCUT2D eigenvalue weighted by atomic mass is 10.1. The normalized spacial score (nSPS) is 28.5. The van der Waals surface area contributed by atoms with E-state index in [1.807, 2.05) is 0 Å². The summed E-state index contributed by atoms with van der Waals surface area (Å²) in [5, 5.41) is 9.50. The molecule has 17 heavy (non-hydrogen) atoms. The Labute approximate surface area is 103 Å². The van der Waals surface area contributed by atoms with E-state index in [0.29, 0.717) is 5.92 Å². The molecule has 4 heteroatoms. The average molecular weight is 241 g/mol. The summed E-state index contributed by atoms with van der Waals surface area (Å²) >= 11 is 0. The van der Waals surface area contributed by atoms with Gasteiger partial charge in [0.05, 0.1) is 13.7 Å². The van der Waals surface area contributed by atoms with Gasteiger partial charge in [0.25, 0.3) is 0 Å². The first-order valence-electron chi connectivity index (χ1n) is 6.72. The van der Waals surface area contributed by atoms with Gasteiger partial charge in [0.15, 0.2) is 0 Å². The Hall–Kier alpha value is -0.610. The number of hydrogen-bond acceptors (Lipinski definition) is 4. The third kappa shape index (κ3) is 2.99. The van der Waals surface area contributed by atoms with Crippen molar-refractivity contribution in [2.45, 2.75) is 50.6 Å². The molecule has 2 unspecified atom stereocenters. The zero-order valence-corrected chi connectivity index (χ0v) is 10.6. The van der Waals surface area contributed by atoms with Crippen LogP contribution in [0.2, 0.25) is 0 Å². The summed E-state index contributed by atoms with van der Waals surface area (Å²) in [7, 11) is 1.46. The fraction of sp³-hybridized carbons (Fsp3) is 0.923. The average Bonchev–Trinajstić information content (AvgIpc) is 3.16. The van der Waals surface area contributed by atoms with Crippen LogP contribution in [0.5, 0.6) is 0 Å². The van der Waals surface area contributed by atoms with Crippen LogP contribution in [-0.2, 0) is 9.53 Å². The molecule has 0 spiro atoms. The van der Waals surface area contributed by atoms with E-state index in [1.54, 1.807) is 0 Å². The zero-order valence-electron chi connectivity index (χ0n) is 10.6. The summed E-state index contributed by atoms with van der Waals surface area (Å²) in [4.78, 5) is 14.1. The van der Waals surface area contributed by atoms with Crippen LogP contribution in [0.25, 0.3) is 0 Å². The first-order chi connectivity index (χ1) is 8.27. The molecule has 1 saturated carbocycles. The van der Waals surface area contributed by atoms with Gasteiger partial charge in [-0.3, -0.25) is 9.69 Å². The SMILES string of the molecule is COC(=O)C(C1CC1)N1CCCCCC1CO. The Morgan fingerprint density at radius 2 is 2.12 bits per heavy atom. The number of methoxy groups -OCH3 is 1. The summed E-state index contributed by atoms with van der Waals surface area (Å²) in [6.45, 7) is 1.07. The molecule has 1 N–H and O–H groups in total. The second kappa shape index (κ2) is 5.83. The molecule has 0 bridgehead atoms. The fourth-order valence-corrected chi connectivity index (χ4v) is 2.89. The maximum absolute atomic E-state index is 11.9. The van der Waals surface area contributed by atoms with E-state index >= 15 is 0 Å². The minimum absolute atomic E-state index is 0.116. The molecule has 0 radical (unpaired) electrons. The van der Waals surface area contributed by atoms with Crippen LogP contribution in [0.1, 0.15) is 38.5 Å². The van der Waals surface area contributed by atoms with Gasteiger partial charge >= 0.3 is 5.97 Å². The van der Waals surface area contributed by atoms with Crippen LogP contribution in [0, 0.1) is 5.92 Å². The maximum atomic E-state index is 11.9. The minimum atomic E-state index is -0.118. The van der Waals surface area contributed by atoms with Crippen LogP contribution >= 0.6 is 0 Å². The topological polar surface area (TPSA) is 49.8 Å². The zero-order chi connectivity index (χ0) is 12.3. The molecule has 2 aliphatic rings. The number of aliphatic hydroxyl groups excluding tert-OH is 1. The predicted molar refractivity (Wildman–Crippen MR) is 64.6 cm³/mol. The number of carbonyl (C=O) groups excluding carboxylic acids is 1. The number of likely N-dealkylation sites (tertiary alicyclic amines) is 1. The van der Waals surface area contributed by atoms with Crippen molar-refractivity contribution in [2.24, 2.45) is 5.92 Å². The van der Waals surface area contributed by atoms with Gasteiger partial charge in [-0.25, -0.2) is 0 Å². The molecular weight excluding hydrogens is 218 g/mol. The monoisotopic (exact) mass is 241 g/mol. The number of hydrogen-bond donors (Lipinski definition) is 1. The van der Waals surface area contributed by atoms with E-state index in [4.69, 9.17) is 4.74 Å². The van der Waals surface area contributed by atoms with Crippen LogP contribution in [0.4, 0.5) is 0 Å². The summed E-state index contributed by atoms with van der Waals surface area (Å²) in [6, 6.07) is 0.0254. The van der Waals surface area contributed by atoms with Gasteiger partial charge < -0.3 is 9.84 Å². The van der Waals surface area contributed by atoms with Gasteiger partial charge in [-0.15, -0.1) is 0 Å². The fourth-order valence-electron chi connectivity index (χ4n) is 2.89. The highest BCUT2D eigenvalue weighted by atomic mass is 16.5. The maximum Gasteiger partial charge on any atom is 0.323 e. The molecule has 1 heterocycles. The van der Waals surface area contributed by atoms with Gasteiger partial charge in [-0.1, -0.05) is 12.8 Å². The van der Waals surface area contributed by atoms with E-state index in [1.165, 1.54) is 13.5 Å². The van der Waals surface area contributed by atoms with E-state index in [2.05, 4.69) is 4.90 Å². The molecule has 2 rings (SSSR count). The van der Waals surface area contributed by atoms with Crippen LogP contribution < -0.4 is 0 Å². The minimum Gasteiger partial charge on any atom is -0.468 e. The molecule has 0 aromatic carbocycles. The summed E-state index contributed by atoms with van der Waals surface area (Å²) < 4.78 is 4.94. The molecule has 1 aliphatic heterocycles. The van der Waals surface area contributed by atoms with Crippen molar-refractivity contribution in [1.82, 2.24) is 4.90 Å². The molecular formula is C13H23NO3. The van der Waals surface area contributed by atoms with Crippen LogP contribution in [-0.4, -0.2) is 48.3 Å². The van der Waals surface area contributed by atoms with Crippen molar-refractivity contribution in [2.75, 3.05) is 20.3 Å². The molecule has 98 valence electrons. The number of aliphatic hydroxyl groups is 1. The quantitative estimate of drug-likeness (QED) is 0.751. The third-order valence-corrected chi connectivity index (χ3v) is 4.00. The van der Waals surface area contributed by atoms with E-state index in [9.17, 15) is 9.90 Å². The van der Waals surface area contributed by atoms with Crippen molar-refractivity contribution in [3.63, 3.8) is 0 Å². The summed E-state index contributed by atoms with van der Waals surface area (Å²) in [5.41, 5.74) is 0. The molecule has 0 amide bonds. The molecule has 1 saturated heterocycles. The predicted octanol–water partition coefficient (Wildman–Crippen LogP) is 1.17. The highest BCUT2D eigenvalue weighted by Gasteiger charge is 2.43. The summed E-state index contributed by atoms with van der Waals surface area (Å²) in [6.07, 6.45) is 6.71. The largest absolute Gasteiger partial charge is 0.468 e. The number of carbonyl (C=O) groups is 1. The van der Waals surface area contributed by atoms with E-state index in [-0.39, 0.29) is 24.7 Å². The highest BCUT2D eigenvalue weighted by Crippen LogP contribution is 2.37. The lowest BCUT2D eigenvalue weighted by Gasteiger charge is -2.34. The number of rotatable bonds is 4. The summed E-state index contributed by atoms with van der Waals surface area (Å²) in [5.74, 6) is 0.336. The Morgan fingerprint density at radius 3 is 2.71 bits per heavy atom. The number of esters is 1. The first kappa shape index (κ1) is 12.8. The van der Waals surface area contributed by atoms with Gasteiger partial charge in [0.2, 0.25) is 0 Å². The van der Waals surface area contributed by atoms with Gasteiger partial charge in [0.1, 0.15) is 6.04 Å². The van der Waals surface area contributed by atoms with Gasteiger partial charge in [-0.2, -0.15) is 0 Å². The molecule has 4 nitrogen and oxygen atoms in total. The van der Waals surface area contributed by atoms with Gasteiger partial charge in [0, 0.05) is 6.04 Å². The lowest BCUT2D eigenvalue weighted by molar-refractivity contribution is -0.149. The number of ether oxygens (including phenoxy) is 1. The molecule has 1 aliphatic carbocycles. The lowest BCUT2D eigenvalue weighted by Crippen LogP contribution is -2.50. The molecule has 0 aromatic heterocycles. The third-order valence-electron chi connectivity index (χ3n) is 4.00. The van der Waals surface area contributed by atoms with Gasteiger partial charge in [-0.05, 0) is 38.1 Å². The van der Waals surface area contributed by atoms with Crippen molar-refractivity contribution < 1.29 is 14.6 Å². The molecule has 2 atom stereocenters. The Balaban J connectivity index is 2.10. The first-order valence-corrected chi connectivity index (χ1v) is 6.72. The van der Waals surface area contributed by atoms with Crippen molar-refractivity contribution in [3.05, 3.63) is 0 Å². The van der Waals surface area contributed by atoms with Crippen molar-refractivity contribution >= 4 is 5.97 Å². The highest BCUT2D eigenvalue weighted by molar-refractivity contribution is 5.76.